The van der Waals surface area contributed by atoms with Crippen LogP contribution in [0.25, 0.3) is 11.1 Å². The summed E-state index contributed by atoms with van der Waals surface area (Å²) in [6.07, 6.45) is 2.74. The molecule has 11 atom stereocenters. The molecule has 11 amide bonds. The minimum atomic E-state index is -1.60. The molecule has 28 heteroatoms. The van der Waals surface area contributed by atoms with Gasteiger partial charge in [-0.15, -0.1) is 11.3 Å². The number of hydrogen-bond acceptors (Lipinski definition) is 17. The minimum absolute atomic E-state index is 0.0628. The Bertz CT molecular complexity index is 3720. The molecule has 1 fully saturated rings. The van der Waals surface area contributed by atoms with Gasteiger partial charge in [0.15, 0.2) is 0 Å². The molecular weight excluding hydrogens is 1390 g/mol. The fourth-order valence-corrected chi connectivity index (χ4v) is 14.5. The maximum atomic E-state index is 14.8. The molecule has 4 aromatic carbocycles. The average molecular weight is 1500 g/mol. The molecule has 1 aliphatic carbocycles. The van der Waals surface area contributed by atoms with Gasteiger partial charge in [0, 0.05) is 64.1 Å². The minimum Gasteiger partial charge on any atom is -0.449 e. The van der Waals surface area contributed by atoms with Gasteiger partial charge in [0.1, 0.15) is 41.9 Å². The van der Waals surface area contributed by atoms with Crippen LogP contribution in [0, 0.1) is 23.7 Å². The Labute approximate surface area is 632 Å². The van der Waals surface area contributed by atoms with Crippen molar-refractivity contribution in [1.82, 2.24) is 52.0 Å². The van der Waals surface area contributed by atoms with Crippen molar-refractivity contribution >= 4 is 76.6 Å². The van der Waals surface area contributed by atoms with Gasteiger partial charge in [0.25, 0.3) is 0 Å². The van der Waals surface area contributed by atoms with E-state index in [1.54, 1.807) is 82.1 Å². The summed E-state index contributed by atoms with van der Waals surface area (Å²) >= 11 is 1.47. The van der Waals surface area contributed by atoms with E-state index in [1.165, 1.54) is 32.3 Å². The van der Waals surface area contributed by atoms with Crippen molar-refractivity contribution in [1.29, 1.82) is 0 Å². The highest BCUT2D eigenvalue weighted by molar-refractivity contribution is 7.09. The van der Waals surface area contributed by atoms with Gasteiger partial charge in [-0.1, -0.05) is 146 Å². The van der Waals surface area contributed by atoms with Crippen LogP contribution in [-0.4, -0.2) is 176 Å². The molecular formula is C79H111N13O14S. The Balaban J connectivity index is 0.871. The average Bonchev–Trinajstić information content (AvgIpc) is 1.62. The number of likely N-dealkylation sites (N-methyl/N-ethyl adjacent to an activating group) is 1. The number of hydrogen-bond donors (Lipinski definition) is 10. The molecule has 2 heterocycles. The number of nitrogens with zero attached hydrogens (tertiary/aromatic N) is 3. The Morgan fingerprint density at radius 3 is 1.94 bits per heavy atom. The van der Waals surface area contributed by atoms with Gasteiger partial charge in [0.05, 0.1) is 48.7 Å². The van der Waals surface area contributed by atoms with Gasteiger partial charge < -0.3 is 82.7 Å². The summed E-state index contributed by atoms with van der Waals surface area (Å²) in [5.74, 6) is -5.13. The Morgan fingerprint density at radius 2 is 1.34 bits per heavy atom. The second-order valence-corrected chi connectivity index (χ2v) is 29.9. The third-order valence-corrected chi connectivity index (χ3v) is 21.0. The number of aromatic nitrogens is 1. The number of nitrogens with two attached hydrogens (primary N) is 2. The van der Waals surface area contributed by atoms with Crippen LogP contribution in [0.5, 0.6) is 0 Å². The number of nitrogens with one attached hydrogen (secondary N) is 8. The number of fused-ring (bicyclic) bond motifs is 3. The number of unbranched alkanes of at least 4 members (excludes halogenated alkanes) is 1. The zero-order valence-corrected chi connectivity index (χ0v) is 64.6. The first-order valence-electron chi connectivity index (χ1n) is 37.1. The largest absolute Gasteiger partial charge is 0.449 e. The van der Waals surface area contributed by atoms with Crippen molar-refractivity contribution in [3.05, 3.63) is 142 Å². The number of carbonyl (C=O) groups excluding carboxylic acids is 10. The summed E-state index contributed by atoms with van der Waals surface area (Å²) in [5.41, 5.74) is 16.3. The summed E-state index contributed by atoms with van der Waals surface area (Å²) < 4.78 is 23.4. The summed E-state index contributed by atoms with van der Waals surface area (Å²) in [7, 11) is 4.70. The third kappa shape index (κ3) is 24.0. The number of amides is 11. The molecule has 1 saturated heterocycles. The number of ether oxygens (including phenoxy) is 4. The number of anilines is 1. The topological polar surface area (TPSA) is 375 Å². The van der Waals surface area contributed by atoms with Crippen molar-refractivity contribution in [3.8, 4) is 11.1 Å². The van der Waals surface area contributed by atoms with Gasteiger partial charge in [-0.25, -0.2) is 19.4 Å². The van der Waals surface area contributed by atoms with E-state index in [4.69, 9.17) is 30.4 Å². The first-order valence-corrected chi connectivity index (χ1v) is 37.9. The van der Waals surface area contributed by atoms with Crippen molar-refractivity contribution in [2.45, 2.75) is 199 Å². The van der Waals surface area contributed by atoms with Crippen LogP contribution in [0.4, 0.5) is 20.1 Å². The maximum Gasteiger partial charge on any atom is 0.408 e. The smallest absolute Gasteiger partial charge is 0.408 e. The summed E-state index contributed by atoms with van der Waals surface area (Å²) in [5, 5.41) is 24.9. The summed E-state index contributed by atoms with van der Waals surface area (Å²) in [6, 6.07) is 25.9. The first kappa shape index (κ1) is 84.7. The molecule has 107 heavy (non-hydrogen) atoms. The van der Waals surface area contributed by atoms with Crippen LogP contribution in [0.15, 0.2) is 115 Å². The second-order valence-electron chi connectivity index (χ2n) is 29.0. The van der Waals surface area contributed by atoms with Crippen LogP contribution in [0.2, 0.25) is 0 Å². The van der Waals surface area contributed by atoms with E-state index in [2.05, 4.69) is 59.7 Å². The number of methoxy groups -OCH3 is 2. The van der Waals surface area contributed by atoms with Gasteiger partial charge >= 0.3 is 18.2 Å². The van der Waals surface area contributed by atoms with E-state index in [0.29, 0.717) is 56.3 Å². The number of rotatable bonds is 40. The molecule has 2 aliphatic rings. The predicted octanol–water partition coefficient (Wildman–Crippen LogP) is 8.36. The Kier molecular flexibility index (Phi) is 32.5. The Morgan fingerprint density at radius 1 is 0.692 bits per heavy atom. The fourth-order valence-electron chi connectivity index (χ4n) is 13.8. The summed E-state index contributed by atoms with van der Waals surface area (Å²) in [6.45, 7) is 16.5. The molecule has 0 radical (unpaired) electrons. The third-order valence-electron chi connectivity index (χ3n) is 20.1. The van der Waals surface area contributed by atoms with E-state index < -0.39 is 120 Å². The molecule has 0 unspecified atom stereocenters. The van der Waals surface area contributed by atoms with E-state index in [1.807, 2.05) is 92.9 Å². The lowest BCUT2D eigenvalue weighted by Crippen LogP contribution is -2.62. The number of likely N-dealkylation sites (tertiary alicyclic amines) is 1. The van der Waals surface area contributed by atoms with E-state index in [-0.39, 0.29) is 81.7 Å². The highest BCUT2D eigenvalue weighted by Crippen LogP contribution is 2.44. The molecule has 0 saturated carbocycles. The monoisotopic (exact) mass is 1500 g/mol. The van der Waals surface area contributed by atoms with E-state index in [9.17, 15) is 47.9 Å². The number of carbonyl (C=O) groups is 10. The van der Waals surface area contributed by atoms with Gasteiger partial charge in [-0.2, -0.15) is 0 Å². The SMILES string of the molecule is CC[C@H](C)[C@@H]([C@@H](CC(=O)N1CCC[C@H]1[C@H](OC)[C@@H](C)C(=O)N[C@@H](Cc1ccccc1)c1nccs1)OC)N(C)C(=O)[C@@H](NC(=O)C(C)(C)NC(=O)OCc1ccc(NC(=O)[C@H](CCCNC(N)=O)NC(=O)[C@@H](NC(=O)[C@@H](N)CCCCNC(=O)OCC2c3ccccc3-c3ccccc32)C(C)C)cc1)C(C)C. The van der Waals surface area contributed by atoms with Crippen LogP contribution in [-0.2, 0) is 65.5 Å². The first-order chi connectivity index (χ1) is 51.1. The normalized spacial score (nSPS) is 16.2. The quantitative estimate of drug-likeness (QED) is 0.0165. The second kappa shape index (κ2) is 41.0. The predicted molar refractivity (Wildman–Crippen MR) is 409 cm³/mol. The number of primary amides is 1. The standard InChI is InChI=1S/C79H111N13O14S/c1-13-49(6)67(63(103-11)44-64(93)92-41-24-33-62(92)68(104-12)50(7)69(94)87-61(73-82-40-42-107-73)43-51-25-15-14-16-26-51)91(10)74(98)66(48(4)5)89-75(99)79(8,9)90-78(102)105-45-52-34-36-53(37-35-52)85-71(96)60(32-23-39-83-76(81)100)86-72(97)65(47(2)3)88-70(95)59(80)31-21-22-38-84-77(101)106-46-58-56-29-19-17-27-54(56)55-28-18-20-30-57(55)58/h14-20,25-30,34-37,40,42,47-50,58-63,65-68H,13,21-24,31-33,38-39,41,43-46,80H2,1-12H3,(H,84,101)(H,85,96)(H,86,97)(H,87,94)(H,88,95)(H,89,99)(H,90,102)(H3,81,83,100)/t49-,50+,59-,60-,61-,62-,63+,65-,66-,67-,68+/m0/s1. The van der Waals surface area contributed by atoms with Crippen molar-refractivity contribution in [2.75, 3.05) is 52.8 Å². The van der Waals surface area contributed by atoms with Crippen molar-refractivity contribution in [3.63, 3.8) is 0 Å². The van der Waals surface area contributed by atoms with Crippen LogP contribution in [0.1, 0.15) is 159 Å². The van der Waals surface area contributed by atoms with Crippen LogP contribution < -0.4 is 54.0 Å². The zero-order chi connectivity index (χ0) is 78.1. The highest BCUT2D eigenvalue weighted by atomic mass is 32.1. The lowest BCUT2D eigenvalue weighted by molar-refractivity contribution is -0.148. The number of benzene rings is 4. The Hall–Kier alpha value is -9.51. The molecule has 582 valence electrons. The molecule has 1 aliphatic heterocycles. The van der Waals surface area contributed by atoms with Gasteiger partial charge in [-0.05, 0) is 128 Å². The molecule has 0 bridgehead atoms. The lowest BCUT2D eigenvalue weighted by atomic mass is 9.89. The van der Waals surface area contributed by atoms with Crippen LogP contribution in [0.3, 0.4) is 0 Å². The number of thiazole rings is 1. The molecule has 0 spiro atoms. The fraction of sp³-hybridized carbons (Fsp3) is 0.532. The highest BCUT2D eigenvalue weighted by Gasteiger charge is 2.44. The summed E-state index contributed by atoms with van der Waals surface area (Å²) in [4.78, 5) is 144. The van der Waals surface area contributed by atoms with E-state index in [0.717, 1.165) is 32.8 Å². The van der Waals surface area contributed by atoms with E-state index >= 15 is 0 Å². The molecule has 12 N–H and O–H groups in total. The molecule has 5 aromatic rings. The number of alkyl carbamates (subject to hydrolysis) is 2. The van der Waals surface area contributed by atoms with Gasteiger partial charge in [-0.3, -0.25) is 33.6 Å². The van der Waals surface area contributed by atoms with Crippen molar-refractivity contribution < 1.29 is 66.9 Å². The molecule has 27 nitrogen and oxygen atoms in total. The maximum absolute atomic E-state index is 14.8. The van der Waals surface area contributed by atoms with Crippen molar-refractivity contribution in [2.24, 2.45) is 35.1 Å². The zero-order valence-electron chi connectivity index (χ0n) is 63.8. The molecule has 7 rings (SSSR count). The lowest BCUT2D eigenvalue weighted by Gasteiger charge is -2.41. The van der Waals surface area contributed by atoms with Gasteiger partial charge in [0.2, 0.25) is 41.4 Å². The molecule has 1 aromatic heterocycles. The van der Waals surface area contributed by atoms with Crippen LogP contribution >= 0.6 is 11.3 Å². The number of urea groups is 1.